The van der Waals surface area contributed by atoms with Crippen molar-refractivity contribution in [3.05, 3.63) is 29.3 Å². The molecule has 0 heterocycles. The molecule has 1 aromatic carbocycles. The van der Waals surface area contributed by atoms with Gasteiger partial charge in [-0.05, 0) is 17.5 Å². The van der Waals surface area contributed by atoms with E-state index < -0.39 is 0 Å². The van der Waals surface area contributed by atoms with E-state index in [0.717, 1.165) is 5.69 Å². The van der Waals surface area contributed by atoms with Gasteiger partial charge in [-0.15, -0.1) is 0 Å². The van der Waals surface area contributed by atoms with Gasteiger partial charge in [-0.2, -0.15) is 0 Å². The first-order chi connectivity index (χ1) is 6.95. The van der Waals surface area contributed by atoms with E-state index in [1.54, 1.807) is 0 Å². The first kappa shape index (κ1) is 12.3. The SMILES string of the molecule is CC(C)(C)C(CO)Nc1ccccc1Cl. The Hall–Kier alpha value is -0.730. The average molecular weight is 228 g/mol. The number of para-hydroxylation sites is 1. The first-order valence-electron chi connectivity index (χ1n) is 5.07. The summed E-state index contributed by atoms with van der Waals surface area (Å²) in [5.74, 6) is 0. The number of aliphatic hydroxyl groups is 1. The van der Waals surface area contributed by atoms with Crippen LogP contribution in [0.1, 0.15) is 20.8 Å². The van der Waals surface area contributed by atoms with Gasteiger partial charge in [-0.3, -0.25) is 0 Å². The van der Waals surface area contributed by atoms with Crippen molar-refractivity contribution in [3.63, 3.8) is 0 Å². The van der Waals surface area contributed by atoms with Gasteiger partial charge in [0.15, 0.2) is 0 Å². The van der Waals surface area contributed by atoms with E-state index in [1.165, 1.54) is 0 Å². The zero-order chi connectivity index (χ0) is 11.5. The van der Waals surface area contributed by atoms with Gasteiger partial charge >= 0.3 is 0 Å². The minimum absolute atomic E-state index is 0.00241. The molecule has 0 fully saturated rings. The van der Waals surface area contributed by atoms with Gasteiger partial charge in [0.1, 0.15) is 0 Å². The highest BCUT2D eigenvalue weighted by molar-refractivity contribution is 6.33. The van der Waals surface area contributed by atoms with Gasteiger partial charge in [0.05, 0.1) is 23.4 Å². The maximum Gasteiger partial charge on any atom is 0.0638 e. The Bertz CT molecular complexity index is 320. The largest absolute Gasteiger partial charge is 0.394 e. The van der Waals surface area contributed by atoms with E-state index in [-0.39, 0.29) is 18.1 Å². The molecule has 0 spiro atoms. The fourth-order valence-electron chi connectivity index (χ4n) is 1.30. The molecule has 0 saturated carbocycles. The molecule has 0 aliphatic carbocycles. The third-order valence-corrected chi connectivity index (χ3v) is 2.76. The molecule has 0 radical (unpaired) electrons. The fourth-order valence-corrected chi connectivity index (χ4v) is 1.49. The minimum Gasteiger partial charge on any atom is -0.394 e. The van der Waals surface area contributed by atoms with Gasteiger partial charge < -0.3 is 10.4 Å². The van der Waals surface area contributed by atoms with Gasteiger partial charge in [-0.25, -0.2) is 0 Å². The van der Waals surface area contributed by atoms with Crippen LogP contribution in [0.2, 0.25) is 5.02 Å². The van der Waals surface area contributed by atoms with Crippen LogP contribution >= 0.6 is 11.6 Å². The van der Waals surface area contributed by atoms with E-state index in [1.807, 2.05) is 24.3 Å². The van der Waals surface area contributed by atoms with Crippen molar-refractivity contribution < 1.29 is 5.11 Å². The van der Waals surface area contributed by atoms with Gasteiger partial charge in [0, 0.05) is 0 Å². The molecule has 1 aromatic rings. The summed E-state index contributed by atoms with van der Waals surface area (Å²) in [5.41, 5.74) is 0.863. The summed E-state index contributed by atoms with van der Waals surface area (Å²) in [5, 5.41) is 13.2. The molecule has 0 aliphatic heterocycles. The van der Waals surface area contributed by atoms with E-state index in [4.69, 9.17) is 11.6 Å². The second-order valence-electron chi connectivity index (χ2n) is 4.73. The molecule has 84 valence electrons. The van der Waals surface area contributed by atoms with Crippen LogP contribution in [0.3, 0.4) is 0 Å². The van der Waals surface area contributed by atoms with Crippen molar-refractivity contribution in [2.75, 3.05) is 11.9 Å². The Morgan fingerprint density at radius 3 is 2.40 bits per heavy atom. The molecule has 3 heteroatoms. The Balaban J connectivity index is 2.80. The van der Waals surface area contributed by atoms with Crippen LogP contribution in [0.5, 0.6) is 0 Å². The maximum absolute atomic E-state index is 9.31. The first-order valence-corrected chi connectivity index (χ1v) is 5.45. The predicted molar refractivity (Wildman–Crippen MR) is 65.4 cm³/mol. The molecule has 2 N–H and O–H groups in total. The molecule has 0 aliphatic rings. The second-order valence-corrected chi connectivity index (χ2v) is 5.13. The molecular formula is C12H18ClNO. The lowest BCUT2D eigenvalue weighted by atomic mass is 9.87. The van der Waals surface area contributed by atoms with E-state index >= 15 is 0 Å². The average Bonchev–Trinajstić information content (AvgIpc) is 2.14. The molecule has 0 saturated heterocycles. The lowest BCUT2D eigenvalue weighted by Gasteiger charge is -2.31. The Labute approximate surface area is 96.3 Å². The molecule has 0 amide bonds. The lowest BCUT2D eigenvalue weighted by Crippen LogP contribution is -2.37. The summed E-state index contributed by atoms with van der Waals surface area (Å²) in [6.07, 6.45) is 0. The number of halogens is 1. The zero-order valence-electron chi connectivity index (χ0n) is 9.42. The number of aliphatic hydroxyl groups excluding tert-OH is 1. The summed E-state index contributed by atoms with van der Waals surface area (Å²) in [7, 11) is 0. The van der Waals surface area contributed by atoms with Crippen LogP contribution in [0.4, 0.5) is 5.69 Å². The van der Waals surface area contributed by atoms with Crippen molar-refractivity contribution in [2.45, 2.75) is 26.8 Å². The van der Waals surface area contributed by atoms with E-state index in [2.05, 4.69) is 26.1 Å². The summed E-state index contributed by atoms with van der Waals surface area (Å²) in [6, 6.07) is 7.55. The van der Waals surface area contributed by atoms with E-state index in [0.29, 0.717) is 5.02 Å². The smallest absolute Gasteiger partial charge is 0.0638 e. The highest BCUT2D eigenvalue weighted by Crippen LogP contribution is 2.27. The highest BCUT2D eigenvalue weighted by Gasteiger charge is 2.23. The maximum atomic E-state index is 9.31. The number of rotatable bonds is 3. The third kappa shape index (κ3) is 3.40. The monoisotopic (exact) mass is 227 g/mol. The molecule has 15 heavy (non-hydrogen) atoms. The topological polar surface area (TPSA) is 32.3 Å². The Morgan fingerprint density at radius 1 is 1.33 bits per heavy atom. The molecular weight excluding hydrogens is 210 g/mol. The van der Waals surface area contributed by atoms with Gasteiger partial charge in [0.25, 0.3) is 0 Å². The number of anilines is 1. The van der Waals surface area contributed by atoms with Crippen LogP contribution in [0, 0.1) is 5.41 Å². The van der Waals surface area contributed by atoms with Crippen LogP contribution in [0.25, 0.3) is 0 Å². The number of nitrogens with one attached hydrogen (secondary N) is 1. The standard InChI is InChI=1S/C12H18ClNO/c1-12(2,3)11(8-15)14-10-7-5-4-6-9(10)13/h4-7,11,14-15H,8H2,1-3H3. The van der Waals surface area contributed by atoms with Crippen LogP contribution in [-0.2, 0) is 0 Å². The van der Waals surface area contributed by atoms with Crippen LogP contribution in [-0.4, -0.2) is 17.8 Å². The third-order valence-electron chi connectivity index (χ3n) is 2.43. The Kier molecular flexibility index (Phi) is 4.00. The van der Waals surface area contributed by atoms with Crippen molar-refractivity contribution in [1.29, 1.82) is 0 Å². The molecule has 1 unspecified atom stereocenters. The van der Waals surface area contributed by atoms with Gasteiger partial charge in [0.2, 0.25) is 0 Å². The quantitative estimate of drug-likeness (QED) is 0.832. The zero-order valence-corrected chi connectivity index (χ0v) is 10.2. The molecule has 2 nitrogen and oxygen atoms in total. The molecule has 1 rings (SSSR count). The van der Waals surface area contributed by atoms with Crippen LogP contribution < -0.4 is 5.32 Å². The summed E-state index contributed by atoms with van der Waals surface area (Å²) in [4.78, 5) is 0. The minimum atomic E-state index is -0.00603. The normalized spacial score (nSPS) is 13.7. The van der Waals surface area contributed by atoms with Crippen molar-refractivity contribution in [1.82, 2.24) is 0 Å². The summed E-state index contributed by atoms with van der Waals surface area (Å²) >= 11 is 6.03. The number of benzene rings is 1. The van der Waals surface area contributed by atoms with E-state index in [9.17, 15) is 5.11 Å². The molecule has 0 bridgehead atoms. The predicted octanol–water partition coefficient (Wildman–Crippen LogP) is 3.16. The van der Waals surface area contributed by atoms with Gasteiger partial charge in [-0.1, -0.05) is 44.5 Å². The lowest BCUT2D eigenvalue weighted by molar-refractivity contribution is 0.202. The fraction of sp³-hybridized carbons (Fsp3) is 0.500. The molecule has 1 atom stereocenters. The number of hydrogen-bond donors (Lipinski definition) is 2. The van der Waals surface area contributed by atoms with Crippen LogP contribution in [0.15, 0.2) is 24.3 Å². The second kappa shape index (κ2) is 4.86. The highest BCUT2D eigenvalue weighted by atomic mass is 35.5. The number of hydrogen-bond acceptors (Lipinski definition) is 2. The van der Waals surface area contributed by atoms with Crippen molar-refractivity contribution in [2.24, 2.45) is 5.41 Å². The van der Waals surface area contributed by atoms with Crippen molar-refractivity contribution >= 4 is 17.3 Å². The molecule has 0 aromatic heterocycles. The summed E-state index contributed by atoms with van der Waals surface area (Å²) in [6.45, 7) is 6.34. The van der Waals surface area contributed by atoms with Crippen molar-refractivity contribution in [3.8, 4) is 0 Å². The summed E-state index contributed by atoms with van der Waals surface area (Å²) < 4.78 is 0. The Morgan fingerprint density at radius 2 is 1.93 bits per heavy atom.